The Morgan fingerprint density at radius 3 is 2.83 bits per heavy atom. The van der Waals surface area contributed by atoms with Gasteiger partial charge in [0.25, 0.3) is 0 Å². The third-order valence-electron chi connectivity index (χ3n) is 2.91. The summed E-state index contributed by atoms with van der Waals surface area (Å²) in [5.41, 5.74) is -0.0385. The highest BCUT2D eigenvalue weighted by Gasteiger charge is 2.34. The molecule has 0 aromatic heterocycles. The lowest BCUT2D eigenvalue weighted by molar-refractivity contribution is -0.118. The maximum Gasteiger partial charge on any atom is 0.244 e. The quantitative estimate of drug-likeness (QED) is 0.918. The number of likely N-dealkylation sites (N-methyl/N-ethyl adjacent to an activating group) is 1. The Bertz CT molecular complexity index is 458. The molecule has 18 heavy (non-hydrogen) atoms. The van der Waals surface area contributed by atoms with Gasteiger partial charge in [0.2, 0.25) is 5.91 Å². The van der Waals surface area contributed by atoms with Crippen molar-refractivity contribution in [2.45, 2.75) is 19.4 Å². The number of nitrogens with one attached hydrogen (secondary N) is 1. The first-order chi connectivity index (χ1) is 8.54. The summed E-state index contributed by atoms with van der Waals surface area (Å²) in [5.74, 6) is -1.80. The van der Waals surface area contributed by atoms with Crippen LogP contribution in [0.5, 0.6) is 0 Å². The summed E-state index contributed by atoms with van der Waals surface area (Å²) in [7, 11) is 0. The predicted octanol–water partition coefficient (Wildman–Crippen LogP) is 2.33. The van der Waals surface area contributed by atoms with Crippen molar-refractivity contribution in [2.24, 2.45) is 0 Å². The Morgan fingerprint density at radius 1 is 1.50 bits per heavy atom. The molecule has 1 aromatic rings. The van der Waals surface area contributed by atoms with Gasteiger partial charge in [-0.25, -0.2) is 8.78 Å². The fraction of sp³-hybridized carbons (Fsp3) is 0.417. The summed E-state index contributed by atoms with van der Waals surface area (Å²) in [5, 5.41) is 2.93. The number of nitrogens with zero attached hydrogens (tertiary/aromatic N) is 1. The van der Waals surface area contributed by atoms with E-state index in [1.165, 1.54) is 4.90 Å². The number of hydrogen-bond acceptors (Lipinski definition) is 2. The van der Waals surface area contributed by atoms with E-state index in [9.17, 15) is 13.6 Å². The first-order valence-electron chi connectivity index (χ1n) is 5.74. The number of amides is 1. The van der Waals surface area contributed by atoms with Crippen LogP contribution in [0.2, 0.25) is 5.02 Å². The normalized spacial score (nSPS) is 19.7. The monoisotopic (exact) mass is 274 g/mol. The van der Waals surface area contributed by atoms with E-state index < -0.39 is 11.6 Å². The molecule has 1 atom stereocenters. The SMILES string of the molecule is CCNC1CCN(c2c(F)cc(F)cc2Cl)C1=O. The van der Waals surface area contributed by atoms with Crippen molar-refractivity contribution in [1.29, 1.82) is 0 Å². The van der Waals surface area contributed by atoms with Crippen LogP contribution >= 0.6 is 11.6 Å². The van der Waals surface area contributed by atoms with E-state index in [2.05, 4.69) is 5.32 Å². The molecule has 0 saturated carbocycles. The number of rotatable bonds is 3. The minimum atomic E-state index is -0.814. The minimum absolute atomic E-state index is 0.0385. The molecule has 1 aliphatic heterocycles. The second-order valence-electron chi connectivity index (χ2n) is 4.11. The molecule has 0 radical (unpaired) electrons. The Labute approximate surface area is 109 Å². The fourth-order valence-electron chi connectivity index (χ4n) is 2.13. The average molecular weight is 275 g/mol. The van der Waals surface area contributed by atoms with Gasteiger partial charge < -0.3 is 10.2 Å². The van der Waals surface area contributed by atoms with Crippen LogP contribution in [-0.2, 0) is 4.79 Å². The lowest BCUT2D eigenvalue weighted by atomic mass is 10.2. The van der Waals surface area contributed by atoms with Crippen LogP contribution in [0.4, 0.5) is 14.5 Å². The highest BCUT2D eigenvalue weighted by atomic mass is 35.5. The Kier molecular flexibility index (Phi) is 3.82. The van der Waals surface area contributed by atoms with Gasteiger partial charge in [-0.1, -0.05) is 18.5 Å². The molecule has 1 unspecified atom stereocenters. The number of benzene rings is 1. The molecule has 98 valence electrons. The highest BCUT2D eigenvalue weighted by molar-refractivity contribution is 6.34. The number of anilines is 1. The molecule has 1 heterocycles. The third kappa shape index (κ3) is 2.33. The van der Waals surface area contributed by atoms with Gasteiger partial charge in [0.1, 0.15) is 5.82 Å². The number of halogens is 3. The van der Waals surface area contributed by atoms with Crippen LogP contribution in [0.25, 0.3) is 0 Å². The summed E-state index contributed by atoms with van der Waals surface area (Å²) in [6.45, 7) is 2.92. The molecule has 2 rings (SSSR count). The van der Waals surface area contributed by atoms with Crippen LogP contribution in [0.3, 0.4) is 0 Å². The molecule has 1 aliphatic rings. The molecule has 0 bridgehead atoms. The van der Waals surface area contributed by atoms with Gasteiger partial charge in [-0.15, -0.1) is 0 Å². The van der Waals surface area contributed by atoms with Gasteiger partial charge in [-0.2, -0.15) is 0 Å². The van der Waals surface area contributed by atoms with Crippen LogP contribution in [-0.4, -0.2) is 25.0 Å². The summed E-state index contributed by atoms with van der Waals surface area (Å²) < 4.78 is 26.7. The standard InChI is InChI=1S/C12H13ClF2N2O/c1-2-16-10-3-4-17(12(10)18)11-8(13)5-7(14)6-9(11)15/h5-6,10,16H,2-4H2,1H3. The van der Waals surface area contributed by atoms with E-state index in [0.29, 0.717) is 19.5 Å². The Balaban J connectivity index is 2.31. The first kappa shape index (κ1) is 13.2. The summed E-state index contributed by atoms with van der Waals surface area (Å²) in [4.78, 5) is 13.3. The van der Waals surface area contributed by atoms with Crippen molar-refractivity contribution in [3.05, 3.63) is 28.8 Å². The molecule has 1 fully saturated rings. The Morgan fingerprint density at radius 2 is 2.22 bits per heavy atom. The Hall–Kier alpha value is -1.20. The molecule has 0 aliphatic carbocycles. The van der Waals surface area contributed by atoms with E-state index in [0.717, 1.165) is 12.1 Å². The van der Waals surface area contributed by atoms with Crippen molar-refractivity contribution in [2.75, 3.05) is 18.0 Å². The summed E-state index contributed by atoms with van der Waals surface area (Å²) in [6.07, 6.45) is 0.583. The zero-order chi connectivity index (χ0) is 13.3. The van der Waals surface area contributed by atoms with Gasteiger partial charge >= 0.3 is 0 Å². The van der Waals surface area contributed by atoms with Gasteiger partial charge in [0, 0.05) is 12.6 Å². The molecule has 3 nitrogen and oxygen atoms in total. The second kappa shape index (κ2) is 5.20. The van der Waals surface area contributed by atoms with E-state index in [-0.39, 0.29) is 22.7 Å². The first-order valence-corrected chi connectivity index (χ1v) is 6.11. The van der Waals surface area contributed by atoms with Crippen molar-refractivity contribution in [3.63, 3.8) is 0 Å². The maximum atomic E-state index is 13.7. The molecule has 1 aromatic carbocycles. The summed E-state index contributed by atoms with van der Waals surface area (Å²) in [6, 6.07) is 1.42. The van der Waals surface area contributed by atoms with Gasteiger partial charge in [0.15, 0.2) is 5.82 Å². The largest absolute Gasteiger partial charge is 0.307 e. The van der Waals surface area contributed by atoms with Gasteiger partial charge in [0.05, 0.1) is 16.8 Å². The van der Waals surface area contributed by atoms with Crippen molar-refractivity contribution in [3.8, 4) is 0 Å². The predicted molar refractivity (Wildman–Crippen MR) is 65.8 cm³/mol. The van der Waals surface area contributed by atoms with Crippen LogP contribution in [0.1, 0.15) is 13.3 Å². The van der Waals surface area contributed by atoms with Crippen molar-refractivity contribution in [1.82, 2.24) is 5.32 Å². The molecule has 1 saturated heterocycles. The lowest BCUT2D eigenvalue weighted by Crippen LogP contribution is -2.38. The van der Waals surface area contributed by atoms with Crippen molar-refractivity contribution >= 4 is 23.2 Å². The molecule has 6 heteroatoms. The highest BCUT2D eigenvalue weighted by Crippen LogP contribution is 2.32. The van der Waals surface area contributed by atoms with Gasteiger partial charge in [-0.3, -0.25) is 4.79 Å². The van der Waals surface area contributed by atoms with Crippen molar-refractivity contribution < 1.29 is 13.6 Å². The van der Waals surface area contributed by atoms with E-state index in [1.807, 2.05) is 6.92 Å². The number of carbonyl (C=O) groups is 1. The van der Waals surface area contributed by atoms with Gasteiger partial charge in [-0.05, 0) is 19.0 Å². The third-order valence-corrected chi connectivity index (χ3v) is 3.20. The molecule has 0 spiro atoms. The second-order valence-corrected chi connectivity index (χ2v) is 4.51. The van der Waals surface area contributed by atoms with E-state index in [1.54, 1.807) is 0 Å². The lowest BCUT2D eigenvalue weighted by Gasteiger charge is -2.19. The number of hydrogen-bond donors (Lipinski definition) is 1. The average Bonchev–Trinajstić information content (AvgIpc) is 2.61. The zero-order valence-electron chi connectivity index (χ0n) is 9.84. The zero-order valence-corrected chi connectivity index (χ0v) is 10.6. The van der Waals surface area contributed by atoms with Crippen LogP contribution < -0.4 is 10.2 Å². The van der Waals surface area contributed by atoms with Crippen LogP contribution in [0.15, 0.2) is 12.1 Å². The van der Waals surface area contributed by atoms with Crippen LogP contribution in [0, 0.1) is 11.6 Å². The number of carbonyl (C=O) groups excluding carboxylic acids is 1. The van der Waals surface area contributed by atoms with E-state index in [4.69, 9.17) is 11.6 Å². The maximum absolute atomic E-state index is 13.7. The molecule has 1 N–H and O–H groups in total. The molecule has 1 amide bonds. The topological polar surface area (TPSA) is 32.3 Å². The smallest absolute Gasteiger partial charge is 0.244 e. The fourth-order valence-corrected chi connectivity index (χ4v) is 2.43. The van der Waals surface area contributed by atoms with E-state index >= 15 is 0 Å². The molecular weight excluding hydrogens is 262 g/mol. The minimum Gasteiger partial charge on any atom is -0.307 e. The summed E-state index contributed by atoms with van der Waals surface area (Å²) >= 11 is 5.81. The molecular formula is C12H13ClF2N2O.